The summed E-state index contributed by atoms with van der Waals surface area (Å²) in [5.74, 6) is 1.12. The van der Waals surface area contributed by atoms with Gasteiger partial charge in [0.15, 0.2) is 11.5 Å². The number of piperidine rings is 1. The molecular formula is C29H34N2O4. The Balaban J connectivity index is 1.26. The smallest absolute Gasteiger partial charge is 0.227 e. The van der Waals surface area contributed by atoms with Gasteiger partial charge in [0.05, 0.1) is 23.0 Å². The average Bonchev–Trinajstić information content (AvgIpc) is 3.61. The number of carbonyl (C=O) groups excluding carboxylic acids is 1. The Hall–Kier alpha value is -2.57. The van der Waals surface area contributed by atoms with E-state index in [0.29, 0.717) is 18.6 Å². The van der Waals surface area contributed by atoms with E-state index in [9.17, 15) is 15.0 Å². The summed E-state index contributed by atoms with van der Waals surface area (Å²) in [6.45, 7) is 3.91. The number of aromatic hydroxyl groups is 1. The molecule has 3 N–H and O–H groups in total. The van der Waals surface area contributed by atoms with Crippen molar-refractivity contribution in [3.63, 3.8) is 0 Å². The van der Waals surface area contributed by atoms with Gasteiger partial charge in [0.2, 0.25) is 5.91 Å². The molecule has 6 heteroatoms. The van der Waals surface area contributed by atoms with Crippen LogP contribution in [0.4, 0.5) is 0 Å². The quantitative estimate of drug-likeness (QED) is 0.620. The van der Waals surface area contributed by atoms with E-state index in [0.717, 1.165) is 43.0 Å². The number of hydrogen-bond acceptors (Lipinski definition) is 5. The van der Waals surface area contributed by atoms with Gasteiger partial charge in [-0.1, -0.05) is 36.4 Å². The van der Waals surface area contributed by atoms with E-state index in [1.54, 1.807) is 6.07 Å². The van der Waals surface area contributed by atoms with Gasteiger partial charge < -0.3 is 20.3 Å². The molecule has 0 aromatic heterocycles. The summed E-state index contributed by atoms with van der Waals surface area (Å²) in [7, 11) is 0. The molecule has 2 aromatic carbocycles. The van der Waals surface area contributed by atoms with Gasteiger partial charge in [0.1, 0.15) is 6.10 Å². The number of rotatable bonds is 5. The van der Waals surface area contributed by atoms with Crippen LogP contribution >= 0.6 is 0 Å². The molecule has 3 fully saturated rings. The number of benzene rings is 2. The molecule has 3 unspecified atom stereocenters. The van der Waals surface area contributed by atoms with E-state index < -0.39 is 11.0 Å². The summed E-state index contributed by atoms with van der Waals surface area (Å²) >= 11 is 0. The molecule has 1 saturated heterocycles. The van der Waals surface area contributed by atoms with E-state index in [4.69, 9.17) is 4.74 Å². The van der Waals surface area contributed by atoms with Crippen molar-refractivity contribution in [3.8, 4) is 11.5 Å². The van der Waals surface area contributed by atoms with Gasteiger partial charge in [0, 0.05) is 18.2 Å². The third-order valence-electron chi connectivity index (χ3n) is 9.78. The van der Waals surface area contributed by atoms with Gasteiger partial charge in [-0.2, -0.15) is 0 Å². The van der Waals surface area contributed by atoms with Crippen LogP contribution in [0.3, 0.4) is 0 Å². The lowest BCUT2D eigenvalue weighted by atomic mass is 9.48. The van der Waals surface area contributed by atoms with Crippen LogP contribution < -0.4 is 10.1 Å². The minimum Gasteiger partial charge on any atom is -0.504 e. The van der Waals surface area contributed by atoms with Crippen LogP contribution in [0.25, 0.3) is 0 Å². The lowest BCUT2D eigenvalue weighted by Crippen LogP contribution is -2.78. The average molecular weight is 475 g/mol. The van der Waals surface area contributed by atoms with Gasteiger partial charge in [0.25, 0.3) is 0 Å². The topological polar surface area (TPSA) is 82.0 Å². The zero-order valence-corrected chi connectivity index (χ0v) is 20.2. The number of ether oxygens (including phenoxy) is 1. The highest BCUT2D eigenvalue weighted by atomic mass is 16.5. The number of hydrogen-bond donors (Lipinski definition) is 3. The number of phenols is 1. The van der Waals surface area contributed by atoms with Crippen LogP contribution in [0.15, 0.2) is 42.5 Å². The number of phenolic OH excluding ortho intramolecular Hbond substituents is 1. The van der Waals surface area contributed by atoms with E-state index >= 15 is 0 Å². The molecule has 6 atom stereocenters. The molecule has 3 aliphatic carbocycles. The largest absolute Gasteiger partial charge is 0.504 e. The summed E-state index contributed by atoms with van der Waals surface area (Å²) in [6, 6.07) is 13.4. The Morgan fingerprint density at radius 2 is 1.97 bits per heavy atom. The number of amides is 1. The molecule has 2 saturated carbocycles. The maximum atomic E-state index is 13.3. The van der Waals surface area contributed by atoms with Gasteiger partial charge in [-0.3, -0.25) is 9.69 Å². The summed E-state index contributed by atoms with van der Waals surface area (Å²) < 4.78 is 6.56. The van der Waals surface area contributed by atoms with Crippen molar-refractivity contribution in [2.45, 2.75) is 80.6 Å². The van der Waals surface area contributed by atoms with Gasteiger partial charge >= 0.3 is 0 Å². The van der Waals surface area contributed by atoms with Crippen molar-refractivity contribution < 1.29 is 19.7 Å². The van der Waals surface area contributed by atoms with E-state index in [1.807, 2.05) is 43.3 Å². The fourth-order valence-electron chi connectivity index (χ4n) is 7.83. The second kappa shape index (κ2) is 7.47. The van der Waals surface area contributed by atoms with E-state index in [-0.39, 0.29) is 35.8 Å². The first-order valence-electron chi connectivity index (χ1n) is 13.3. The van der Waals surface area contributed by atoms with Crippen LogP contribution in [-0.2, 0) is 16.6 Å². The van der Waals surface area contributed by atoms with Crippen molar-refractivity contribution in [3.05, 3.63) is 59.2 Å². The van der Waals surface area contributed by atoms with Crippen molar-refractivity contribution in [2.24, 2.45) is 5.92 Å². The lowest BCUT2D eigenvalue weighted by Gasteiger charge is -2.64. The molecule has 2 bridgehead atoms. The molecule has 7 rings (SSSR count). The summed E-state index contributed by atoms with van der Waals surface area (Å²) in [4.78, 5) is 15.9. The fourth-order valence-corrected chi connectivity index (χ4v) is 7.83. The molecule has 6 nitrogen and oxygen atoms in total. The SMILES string of the molecule is CC(C(=O)NC1CC[C@@]2(O)[C@H]3Cc4ccc(O)c5c4[C@@]2(CCN3CC2CC2)C1O5)c1ccccc1. The second-order valence-electron chi connectivity index (χ2n) is 11.6. The monoisotopic (exact) mass is 474 g/mol. The Labute approximate surface area is 206 Å². The number of aliphatic hydroxyl groups is 1. The Morgan fingerprint density at radius 1 is 1.17 bits per heavy atom. The standard InChI is InChI=1S/C29H34N2O4/c1-17(19-5-3-2-4-6-19)27(33)30-21-11-12-29(34)23-15-20-9-10-22(32)25-24(20)28(29,26(21)35-25)13-14-31(23)16-18-7-8-18/h2-6,9-10,17-18,21,23,26,32,34H,7-8,11-16H2,1H3,(H,30,33)/t17?,21?,23-,26?,28+,29-/m1/s1. The van der Waals surface area contributed by atoms with Crippen molar-refractivity contribution in [1.29, 1.82) is 0 Å². The normalized spacial score (nSPS) is 35.7. The second-order valence-corrected chi connectivity index (χ2v) is 11.6. The molecule has 0 radical (unpaired) electrons. The molecule has 184 valence electrons. The van der Waals surface area contributed by atoms with Crippen LogP contribution in [0.1, 0.15) is 61.6 Å². The number of nitrogens with one attached hydrogen (secondary N) is 1. The van der Waals surface area contributed by atoms with Gasteiger partial charge in [-0.15, -0.1) is 0 Å². The fraction of sp³-hybridized carbons (Fsp3) is 0.552. The molecule has 5 aliphatic rings. The highest BCUT2D eigenvalue weighted by Gasteiger charge is 2.73. The van der Waals surface area contributed by atoms with Gasteiger partial charge in [-0.25, -0.2) is 0 Å². The first-order chi connectivity index (χ1) is 16.9. The predicted octanol–water partition coefficient (Wildman–Crippen LogP) is 3.24. The molecule has 2 heterocycles. The molecule has 1 amide bonds. The van der Waals surface area contributed by atoms with E-state index in [2.05, 4.69) is 10.2 Å². The Morgan fingerprint density at radius 3 is 2.74 bits per heavy atom. The lowest BCUT2D eigenvalue weighted by molar-refractivity contribution is -0.192. The van der Waals surface area contributed by atoms with Gasteiger partial charge in [-0.05, 0) is 75.1 Å². The molecule has 2 aromatic rings. The first kappa shape index (κ1) is 21.7. The van der Waals surface area contributed by atoms with Crippen molar-refractivity contribution in [1.82, 2.24) is 10.2 Å². The number of carbonyl (C=O) groups is 1. The van der Waals surface area contributed by atoms with Crippen molar-refractivity contribution in [2.75, 3.05) is 13.1 Å². The zero-order chi connectivity index (χ0) is 23.9. The molecule has 35 heavy (non-hydrogen) atoms. The number of nitrogens with zero attached hydrogens (tertiary/aromatic N) is 1. The first-order valence-corrected chi connectivity index (χ1v) is 13.3. The number of likely N-dealkylation sites (tertiary alicyclic amines) is 1. The predicted molar refractivity (Wildman–Crippen MR) is 132 cm³/mol. The Bertz CT molecular complexity index is 1180. The maximum absolute atomic E-state index is 13.3. The third-order valence-corrected chi connectivity index (χ3v) is 9.78. The third kappa shape index (κ3) is 2.93. The maximum Gasteiger partial charge on any atom is 0.227 e. The minimum atomic E-state index is -0.927. The summed E-state index contributed by atoms with van der Waals surface area (Å²) in [5.41, 5.74) is 1.63. The van der Waals surface area contributed by atoms with E-state index in [1.165, 1.54) is 18.4 Å². The minimum absolute atomic E-state index is 0.0226. The highest BCUT2D eigenvalue weighted by molar-refractivity contribution is 5.83. The molecular weight excluding hydrogens is 440 g/mol. The van der Waals surface area contributed by atoms with Crippen LogP contribution in [-0.4, -0.2) is 57.9 Å². The van der Waals surface area contributed by atoms with Crippen molar-refractivity contribution >= 4 is 5.91 Å². The highest BCUT2D eigenvalue weighted by Crippen LogP contribution is 2.65. The summed E-state index contributed by atoms with van der Waals surface area (Å²) in [6.07, 6.45) is 5.04. The zero-order valence-electron chi connectivity index (χ0n) is 20.2. The molecule has 1 spiro atoms. The molecule has 2 aliphatic heterocycles. The van der Waals surface area contributed by atoms with Crippen LogP contribution in [0.2, 0.25) is 0 Å². The Kier molecular flexibility index (Phi) is 4.63. The summed E-state index contributed by atoms with van der Waals surface area (Å²) in [5, 5.41) is 26.6. The van der Waals surface area contributed by atoms with Crippen LogP contribution in [0, 0.1) is 5.92 Å². The van der Waals surface area contributed by atoms with Crippen LogP contribution in [0.5, 0.6) is 11.5 Å².